The maximum absolute atomic E-state index is 13.4. The Morgan fingerprint density at radius 2 is 1.89 bits per heavy atom. The average Bonchev–Trinajstić information content (AvgIpc) is 2.36. The molecule has 0 radical (unpaired) electrons. The zero-order valence-electron chi connectivity index (χ0n) is 10.2. The lowest BCUT2D eigenvalue weighted by molar-refractivity contribution is 0.147. The minimum Gasteiger partial charge on any atom is -0.314 e. The van der Waals surface area contributed by atoms with Crippen molar-refractivity contribution in [3.63, 3.8) is 0 Å². The summed E-state index contributed by atoms with van der Waals surface area (Å²) in [7, 11) is 0. The first-order chi connectivity index (χ1) is 8.22. The number of nitrogens with zero attached hydrogens (tertiary/aromatic N) is 1. The second-order valence-corrected chi connectivity index (χ2v) is 4.54. The number of benzene rings is 1. The number of nitrogens with one attached hydrogen (secondary N) is 1. The van der Waals surface area contributed by atoms with Crippen LogP contribution in [0, 0.1) is 5.82 Å². The minimum atomic E-state index is -0.513. The van der Waals surface area contributed by atoms with Crippen LogP contribution < -0.4 is 5.32 Å². The Hall–Kier alpha value is -0.130. The number of alkyl halides is 1. The van der Waals surface area contributed by atoms with E-state index in [0.29, 0.717) is 5.56 Å². The molecular formula is C12H17Cl3F2N2. The molecule has 0 amide bonds. The molecule has 0 spiro atoms. The van der Waals surface area contributed by atoms with Crippen LogP contribution in [0.15, 0.2) is 18.2 Å². The Morgan fingerprint density at radius 3 is 2.42 bits per heavy atom. The summed E-state index contributed by atoms with van der Waals surface area (Å²) in [6.45, 7) is 2.72. The first-order valence-electron chi connectivity index (χ1n) is 5.68. The van der Waals surface area contributed by atoms with E-state index in [4.69, 9.17) is 11.6 Å². The van der Waals surface area contributed by atoms with Crippen LogP contribution in [0.25, 0.3) is 0 Å². The number of hydrogen-bond donors (Lipinski definition) is 1. The van der Waals surface area contributed by atoms with Gasteiger partial charge in [0.1, 0.15) is 12.5 Å². The normalized spacial score (nSPS) is 17.2. The fourth-order valence-electron chi connectivity index (χ4n) is 2.11. The molecule has 1 aliphatic rings. The molecule has 0 aliphatic carbocycles. The SMILES string of the molecule is Cl.Cl.FC[C@@H](c1ccc(Cl)c(F)c1)N1CCNCC1. The quantitative estimate of drug-likeness (QED) is 0.913. The fraction of sp³-hybridized carbons (Fsp3) is 0.500. The highest BCUT2D eigenvalue weighted by molar-refractivity contribution is 6.30. The molecule has 2 nitrogen and oxygen atoms in total. The van der Waals surface area contributed by atoms with Crippen molar-refractivity contribution in [2.45, 2.75) is 6.04 Å². The van der Waals surface area contributed by atoms with Gasteiger partial charge in [-0.05, 0) is 17.7 Å². The highest BCUT2D eigenvalue weighted by Gasteiger charge is 2.22. The molecule has 1 aromatic carbocycles. The van der Waals surface area contributed by atoms with Gasteiger partial charge in [-0.1, -0.05) is 17.7 Å². The Labute approximate surface area is 129 Å². The summed E-state index contributed by atoms with van der Waals surface area (Å²) >= 11 is 5.62. The van der Waals surface area contributed by atoms with Gasteiger partial charge in [-0.3, -0.25) is 4.90 Å². The van der Waals surface area contributed by atoms with Crippen LogP contribution in [0.3, 0.4) is 0 Å². The van der Waals surface area contributed by atoms with Gasteiger partial charge >= 0.3 is 0 Å². The van der Waals surface area contributed by atoms with Crippen LogP contribution >= 0.6 is 36.4 Å². The molecule has 19 heavy (non-hydrogen) atoms. The average molecular weight is 334 g/mol. The number of halogens is 5. The predicted octanol–water partition coefficient (Wildman–Crippen LogP) is 3.24. The lowest BCUT2D eigenvalue weighted by Crippen LogP contribution is -2.45. The molecule has 1 atom stereocenters. The standard InChI is InChI=1S/C12H15ClF2N2.2ClH/c13-10-2-1-9(7-11(10)15)12(8-14)17-5-3-16-4-6-17;;/h1-2,7,12,16H,3-6,8H2;2*1H/t12-;;/m0../s1. The summed E-state index contributed by atoms with van der Waals surface area (Å²) in [6.07, 6.45) is 0. The molecule has 1 fully saturated rings. The number of rotatable bonds is 3. The van der Waals surface area contributed by atoms with Crippen molar-refractivity contribution in [1.82, 2.24) is 10.2 Å². The first kappa shape index (κ1) is 18.9. The summed E-state index contributed by atoms with van der Waals surface area (Å²) in [6, 6.07) is 4.13. The molecule has 1 saturated heterocycles. The van der Waals surface area contributed by atoms with Crippen LogP contribution in [-0.4, -0.2) is 37.8 Å². The third-order valence-corrected chi connectivity index (χ3v) is 3.37. The summed E-state index contributed by atoms with van der Waals surface area (Å²) in [4.78, 5) is 2.03. The summed E-state index contributed by atoms with van der Waals surface area (Å²) in [5.41, 5.74) is 0.649. The van der Waals surface area contributed by atoms with Crippen LogP contribution in [0.1, 0.15) is 11.6 Å². The van der Waals surface area contributed by atoms with Crippen molar-refractivity contribution in [3.8, 4) is 0 Å². The molecule has 0 saturated carbocycles. The highest BCUT2D eigenvalue weighted by Crippen LogP contribution is 2.25. The third kappa shape index (κ3) is 4.72. The van der Waals surface area contributed by atoms with Gasteiger partial charge < -0.3 is 5.32 Å². The van der Waals surface area contributed by atoms with Crippen molar-refractivity contribution in [1.29, 1.82) is 0 Å². The van der Waals surface area contributed by atoms with E-state index < -0.39 is 12.5 Å². The lowest BCUT2D eigenvalue weighted by Gasteiger charge is -2.33. The van der Waals surface area contributed by atoms with Crippen LogP contribution in [0.5, 0.6) is 0 Å². The van der Waals surface area contributed by atoms with E-state index in [-0.39, 0.29) is 35.9 Å². The molecule has 7 heteroatoms. The third-order valence-electron chi connectivity index (χ3n) is 3.07. The second-order valence-electron chi connectivity index (χ2n) is 4.13. The van der Waals surface area contributed by atoms with E-state index in [1.807, 2.05) is 4.90 Å². The molecule has 2 rings (SSSR count). The van der Waals surface area contributed by atoms with Gasteiger partial charge in [-0.15, -0.1) is 24.8 Å². The van der Waals surface area contributed by atoms with Gasteiger partial charge in [0, 0.05) is 26.2 Å². The molecule has 1 aliphatic heterocycles. The maximum atomic E-state index is 13.4. The fourth-order valence-corrected chi connectivity index (χ4v) is 2.23. The Balaban J connectivity index is 0.00000162. The minimum absolute atomic E-state index is 0. The molecule has 0 aromatic heterocycles. The van der Waals surface area contributed by atoms with Gasteiger partial charge in [0.15, 0.2) is 0 Å². The molecule has 110 valence electrons. The van der Waals surface area contributed by atoms with E-state index in [1.54, 1.807) is 6.07 Å². The molecular weight excluding hydrogens is 317 g/mol. The predicted molar refractivity (Wildman–Crippen MR) is 79.1 cm³/mol. The topological polar surface area (TPSA) is 15.3 Å². The maximum Gasteiger partial charge on any atom is 0.142 e. The Morgan fingerprint density at radius 1 is 1.26 bits per heavy atom. The molecule has 0 unspecified atom stereocenters. The van der Waals surface area contributed by atoms with Crippen molar-refractivity contribution < 1.29 is 8.78 Å². The van der Waals surface area contributed by atoms with Crippen molar-refractivity contribution in [2.75, 3.05) is 32.9 Å². The van der Waals surface area contributed by atoms with Gasteiger partial charge in [0.25, 0.3) is 0 Å². The van der Waals surface area contributed by atoms with E-state index >= 15 is 0 Å². The largest absolute Gasteiger partial charge is 0.314 e. The smallest absolute Gasteiger partial charge is 0.142 e. The summed E-state index contributed by atoms with van der Waals surface area (Å²) in [5.74, 6) is -0.488. The van der Waals surface area contributed by atoms with Gasteiger partial charge in [0.05, 0.1) is 11.1 Å². The second kappa shape index (κ2) is 8.93. The van der Waals surface area contributed by atoms with Crippen molar-refractivity contribution in [3.05, 3.63) is 34.6 Å². The zero-order valence-corrected chi connectivity index (χ0v) is 12.6. The van der Waals surface area contributed by atoms with Gasteiger partial charge in [0.2, 0.25) is 0 Å². The van der Waals surface area contributed by atoms with E-state index in [9.17, 15) is 8.78 Å². The highest BCUT2D eigenvalue weighted by atomic mass is 35.5. The van der Waals surface area contributed by atoms with E-state index in [0.717, 1.165) is 26.2 Å². The van der Waals surface area contributed by atoms with Gasteiger partial charge in [-0.25, -0.2) is 8.78 Å². The van der Waals surface area contributed by atoms with Crippen molar-refractivity contribution in [2.24, 2.45) is 0 Å². The summed E-state index contributed by atoms with van der Waals surface area (Å²) in [5, 5.41) is 3.28. The Kier molecular flexibility index (Phi) is 8.86. The van der Waals surface area contributed by atoms with Crippen LogP contribution in [0.2, 0.25) is 5.02 Å². The molecule has 1 N–H and O–H groups in total. The molecule has 1 aromatic rings. The molecule has 1 heterocycles. The van der Waals surface area contributed by atoms with Gasteiger partial charge in [-0.2, -0.15) is 0 Å². The van der Waals surface area contributed by atoms with Crippen LogP contribution in [0.4, 0.5) is 8.78 Å². The lowest BCUT2D eigenvalue weighted by atomic mass is 10.1. The van der Waals surface area contributed by atoms with E-state index in [1.165, 1.54) is 12.1 Å². The Bertz CT molecular complexity index is 387. The van der Waals surface area contributed by atoms with Crippen molar-refractivity contribution >= 4 is 36.4 Å². The molecule has 0 bridgehead atoms. The summed E-state index contributed by atoms with van der Waals surface area (Å²) < 4.78 is 26.5. The number of hydrogen-bond acceptors (Lipinski definition) is 2. The van der Waals surface area contributed by atoms with E-state index in [2.05, 4.69) is 5.32 Å². The first-order valence-corrected chi connectivity index (χ1v) is 6.06. The zero-order chi connectivity index (χ0) is 12.3. The van der Waals surface area contributed by atoms with Crippen LogP contribution in [-0.2, 0) is 0 Å². The monoisotopic (exact) mass is 332 g/mol. The number of piperazine rings is 1.